The summed E-state index contributed by atoms with van der Waals surface area (Å²) in [5.74, 6) is -0.931. The summed E-state index contributed by atoms with van der Waals surface area (Å²) in [6.45, 7) is 0.0605. The molecule has 2 aromatic carbocycles. The predicted octanol–water partition coefficient (Wildman–Crippen LogP) is 2.95. The first-order chi connectivity index (χ1) is 12.9. The average Bonchev–Trinajstić information content (AvgIpc) is 2.67. The molecule has 0 aliphatic heterocycles. The first-order valence-corrected chi connectivity index (χ1v) is 9.49. The zero-order chi connectivity index (χ0) is 19.3. The molecule has 0 bridgehead atoms. The summed E-state index contributed by atoms with van der Waals surface area (Å²) in [6, 6.07) is 16.2. The third-order valence-electron chi connectivity index (χ3n) is 3.68. The quantitative estimate of drug-likeness (QED) is 0.683. The fourth-order valence-corrected chi connectivity index (χ4v) is 3.31. The molecule has 2 N–H and O–H groups in total. The van der Waals surface area contributed by atoms with Gasteiger partial charge in [0.1, 0.15) is 5.82 Å². The number of hydrogen-bond acceptors (Lipinski definition) is 4. The van der Waals surface area contributed by atoms with Crippen molar-refractivity contribution in [1.29, 1.82) is 0 Å². The van der Waals surface area contributed by atoms with Crippen LogP contribution in [-0.4, -0.2) is 19.3 Å². The largest absolute Gasteiger partial charge is 0.322 e. The van der Waals surface area contributed by atoms with Gasteiger partial charge in [-0.2, -0.15) is 0 Å². The highest BCUT2D eigenvalue weighted by molar-refractivity contribution is 7.89. The molecule has 0 saturated heterocycles. The van der Waals surface area contributed by atoms with Crippen LogP contribution in [0.15, 0.2) is 77.8 Å². The van der Waals surface area contributed by atoms with Gasteiger partial charge in [0.15, 0.2) is 0 Å². The monoisotopic (exact) mass is 385 g/mol. The molecular weight excluding hydrogens is 369 g/mol. The Bertz CT molecular complexity index is 1040. The highest BCUT2D eigenvalue weighted by atomic mass is 32.2. The van der Waals surface area contributed by atoms with Crippen molar-refractivity contribution in [1.82, 2.24) is 9.71 Å². The van der Waals surface area contributed by atoms with Crippen LogP contribution in [-0.2, 0) is 16.6 Å². The molecule has 0 fully saturated rings. The van der Waals surface area contributed by atoms with Crippen molar-refractivity contribution in [3.8, 4) is 0 Å². The smallest absolute Gasteiger partial charge is 0.255 e. The maximum absolute atomic E-state index is 13.2. The Morgan fingerprint density at radius 3 is 2.44 bits per heavy atom. The minimum atomic E-state index is -3.74. The minimum absolute atomic E-state index is 0.0285. The Balaban J connectivity index is 1.67. The number of sulfonamides is 1. The second kappa shape index (κ2) is 8.07. The Morgan fingerprint density at radius 1 is 1.00 bits per heavy atom. The van der Waals surface area contributed by atoms with E-state index in [1.54, 1.807) is 30.5 Å². The lowest BCUT2D eigenvalue weighted by atomic mass is 10.2. The molecule has 27 heavy (non-hydrogen) atoms. The van der Waals surface area contributed by atoms with Crippen LogP contribution >= 0.6 is 0 Å². The van der Waals surface area contributed by atoms with Crippen molar-refractivity contribution < 1.29 is 17.6 Å². The molecule has 0 saturated carbocycles. The molecule has 3 rings (SSSR count). The van der Waals surface area contributed by atoms with Gasteiger partial charge in [0.05, 0.1) is 17.1 Å². The van der Waals surface area contributed by atoms with Gasteiger partial charge >= 0.3 is 0 Å². The van der Waals surface area contributed by atoms with E-state index in [0.717, 1.165) is 0 Å². The van der Waals surface area contributed by atoms with Gasteiger partial charge < -0.3 is 5.32 Å². The number of nitrogens with zero attached hydrogens (tertiary/aromatic N) is 1. The number of halogens is 1. The van der Waals surface area contributed by atoms with Crippen LogP contribution in [0.4, 0.5) is 10.1 Å². The SMILES string of the molecule is O=C(Nc1cccc(F)c1)c1ccc(S(=O)(=O)NCc2ccccn2)cc1. The summed E-state index contributed by atoms with van der Waals surface area (Å²) in [6.07, 6.45) is 1.58. The van der Waals surface area contributed by atoms with Crippen LogP contribution in [0.5, 0.6) is 0 Å². The predicted molar refractivity (Wildman–Crippen MR) is 99.1 cm³/mol. The van der Waals surface area contributed by atoms with Crippen molar-refractivity contribution in [3.63, 3.8) is 0 Å². The van der Waals surface area contributed by atoms with Gasteiger partial charge in [-0.3, -0.25) is 9.78 Å². The number of aromatic nitrogens is 1. The number of carbonyl (C=O) groups is 1. The third kappa shape index (κ3) is 4.96. The van der Waals surface area contributed by atoms with E-state index in [0.29, 0.717) is 11.4 Å². The van der Waals surface area contributed by atoms with Crippen molar-refractivity contribution in [3.05, 3.63) is 90.0 Å². The van der Waals surface area contributed by atoms with Crippen LogP contribution in [0.2, 0.25) is 0 Å². The Hall–Kier alpha value is -3.10. The molecule has 0 spiro atoms. The summed E-state index contributed by atoms with van der Waals surface area (Å²) in [5, 5.41) is 2.55. The Morgan fingerprint density at radius 2 is 1.78 bits per heavy atom. The number of nitrogens with one attached hydrogen (secondary N) is 2. The van der Waals surface area contributed by atoms with Gasteiger partial charge in [0.2, 0.25) is 10.0 Å². The van der Waals surface area contributed by atoms with Gasteiger partial charge in [-0.15, -0.1) is 0 Å². The van der Waals surface area contributed by atoms with Gasteiger partial charge in [0, 0.05) is 17.4 Å². The molecule has 3 aromatic rings. The van der Waals surface area contributed by atoms with Crippen LogP contribution in [0, 0.1) is 5.82 Å². The topological polar surface area (TPSA) is 88.2 Å². The van der Waals surface area contributed by atoms with E-state index in [4.69, 9.17) is 0 Å². The van der Waals surface area contributed by atoms with E-state index >= 15 is 0 Å². The zero-order valence-corrected chi connectivity index (χ0v) is 14.9. The summed E-state index contributed by atoms with van der Waals surface area (Å²) < 4.78 is 40.3. The standard InChI is InChI=1S/C19H16FN3O3S/c20-15-4-3-6-16(12-15)23-19(24)14-7-9-18(10-8-14)27(25,26)22-13-17-5-1-2-11-21-17/h1-12,22H,13H2,(H,23,24). The maximum atomic E-state index is 13.2. The number of amides is 1. The molecule has 1 amide bonds. The third-order valence-corrected chi connectivity index (χ3v) is 5.10. The van der Waals surface area contributed by atoms with Gasteiger partial charge in [-0.1, -0.05) is 12.1 Å². The van der Waals surface area contributed by atoms with Crippen molar-refractivity contribution in [2.75, 3.05) is 5.32 Å². The number of carbonyl (C=O) groups excluding carboxylic acids is 1. The lowest BCUT2D eigenvalue weighted by Crippen LogP contribution is -2.23. The van der Waals surface area contributed by atoms with Gasteiger partial charge in [-0.25, -0.2) is 17.5 Å². The highest BCUT2D eigenvalue weighted by Crippen LogP contribution is 2.14. The zero-order valence-electron chi connectivity index (χ0n) is 14.1. The van der Waals surface area contributed by atoms with Gasteiger partial charge in [-0.05, 0) is 54.6 Å². The lowest BCUT2D eigenvalue weighted by molar-refractivity contribution is 0.102. The fourth-order valence-electron chi connectivity index (χ4n) is 2.31. The molecule has 0 aliphatic carbocycles. The second-order valence-corrected chi connectivity index (χ2v) is 7.40. The number of hydrogen-bond donors (Lipinski definition) is 2. The number of rotatable bonds is 6. The van der Waals surface area contributed by atoms with E-state index in [1.165, 1.54) is 42.5 Å². The molecule has 138 valence electrons. The summed E-state index contributed by atoms with van der Waals surface area (Å²) >= 11 is 0. The van der Waals surface area contributed by atoms with Crippen LogP contribution in [0.25, 0.3) is 0 Å². The Labute approximate surface area is 156 Å². The van der Waals surface area contributed by atoms with Crippen molar-refractivity contribution in [2.45, 2.75) is 11.4 Å². The Kier molecular flexibility index (Phi) is 5.58. The molecule has 8 heteroatoms. The number of anilines is 1. The molecule has 0 aliphatic rings. The highest BCUT2D eigenvalue weighted by Gasteiger charge is 2.15. The van der Waals surface area contributed by atoms with Crippen LogP contribution in [0.3, 0.4) is 0 Å². The molecule has 0 radical (unpaired) electrons. The van der Waals surface area contributed by atoms with Crippen LogP contribution in [0.1, 0.15) is 16.1 Å². The van der Waals surface area contributed by atoms with E-state index in [-0.39, 0.29) is 17.0 Å². The average molecular weight is 385 g/mol. The van der Waals surface area contributed by atoms with Crippen molar-refractivity contribution in [2.24, 2.45) is 0 Å². The molecule has 6 nitrogen and oxygen atoms in total. The van der Waals surface area contributed by atoms with Crippen LogP contribution < -0.4 is 10.0 Å². The molecule has 1 aromatic heterocycles. The van der Waals surface area contributed by atoms with E-state index in [9.17, 15) is 17.6 Å². The summed E-state index contributed by atoms with van der Waals surface area (Å²) in [7, 11) is -3.74. The van der Waals surface area contributed by atoms with Crippen molar-refractivity contribution >= 4 is 21.6 Å². The fraction of sp³-hybridized carbons (Fsp3) is 0.0526. The van der Waals surface area contributed by atoms with Gasteiger partial charge in [0.25, 0.3) is 5.91 Å². The lowest BCUT2D eigenvalue weighted by Gasteiger charge is -2.08. The normalized spacial score (nSPS) is 11.1. The maximum Gasteiger partial charge on any atom is 0.255 e. The summed E-state index contributed by atoms with van der Waals surface area (Å²) in [5.41, 5.74) is 1.16. The molecular formula is C19H16FN3O3S. The molecule has 0 unspecified atom stereocenters. The van der Waals surface area contributed by atoms with E-state index in [2.05, 4.69) is 15.0 Å². The number of pyridine rings is 1. The second-order valence-electron chi connectivity index (χ2n) is 5.63. The van der Waals surface area contributed by atoms with E-state index in [1.807, 2.05) is 0 Å². The number of benzene rings is 2. The first kappa shape index (κ1) is 18.7. The van der Waals surface area contributed by atoms with E-state index < -0.39 is 21.7 Å². The molecule has 0 atom stereocenters. The first-order valence-electron chi connectivity index (χ1n) is 8.01. The minimum Gasteiger partial charge on any atom is -0.322 e. The summed E-state index contributed by atoms with van der Waals surface area (Å²) in [4.78, 5) is 16.3. The molecule has 1 heterocycles.